The predicted octanol–water partition coefficient (Wildman–Crippen LogP) is 2.05. The molecule has 0 saturated carbocycles. The molecule has 0 radical (unpaired) electrons. The number of benzene rings is 2. The quantitative estimate of drug-likeness (QED) is 0.664. The first-order chi connectivity index (χ1) is 15.8. The molecule has 33 heavy (non-hydrogen) atoms. The average Bonchev–Trinajstić information content (AvgIpc) is 2.82. The molecule has 0 aromatic heterocycles. The number of aryl methyl sites for hydroxylation is 1. The van der Waals surface area contributed by atoms with Crippen LogP contribution in [-0.4, -0.2) is 51.3 Å². The molecule has 1 saturated heterocycles. The number of carbonyl (C=O) groups is 2. The van der Waals surface area contributed by atoms with Gasteiger partial charge in [-0.25, -0.2) is 8.42 Å². The number of ether oxygens (including phenoxy) is 2. The van der Waals surface area contributed by atoms with E-state index in [1.807, 2.05) is 24.3 Å². The Balaban J connectivity index is 1.46. The summed E-state index contributed by atoms with van der Waals surface area (Å²) in [6.45, 7) is 2.31. The van der Waals surface area contributed by atoms with Crippen molar-refractivity contribution in [2.75, 3.05) is 32.1 Å². The van der Waals surface area contributed by atoms with Gasteiger partial charge in [0.25, 0.3) is 5.91 Å². The lowest BCUT2D eigenvalue weighted by Gasteiger charge is -2.32. The van der Waals surface area contributed by atoms with Crippen LogP contribution in [0.25, 0.3) is 0 Å². The SMILES string of the molecule is COc1cccc(CNC(=O)[C@@H]2CCCN(S(=O)(=O)c3cc4c(cc3C)NC(=O)CO4)C2)c1. The van der Waals surface area contributed by atoms with Gasteiger partial charge in [-0.2, -0.15) is 4.31 Å². The summed E-state index contributed by atoms with van der Waals surface area (Å²) in [6, 6.07) is 10.5. The lowest BCUT2D eigenvalue weighted by Crippen LogP contribution is -2.45. The Hall–Kier alpha value is -3.11. The number of hydrogen-bond donors (Lipinski definition) is 2. The molecule has 2 aromatic carbocycles. The van der Waals surface area contributed by atoms with Gasteiger partial charge in [-0.05, 0) is 49.1 Å². The van der Waals surface area contributed by atoms with Crippen LogP contribution >= 0.6 is 0 Å². The fourth-order valence-electron chi connectivity index (χ4n) is 4.12. The number of nitrogens with zero attached hydrogens (tertiary/aromatic N) is 1. The molecular weight excluding hydrogens is 446 g/mol. The molecule has 2 aliphatic heterocycles. The van der Waals surface area contributed by atoms with E-state index in [2.05, 4.69) is 10.6 Å². The van der Waals surface area contributed by atoms with E-state index in [1.54, 1.807) is 20.1 Å². The molecule has 0 spiro atoms. The van der Waals surface area contributed by atoms with Gasteiger partial charge in [0.15, 0.2) is 6.61 Å². The van der Waals surface area contributed by atoms with Crippen molar-refractivity contribution in [1.29, 1.82) is 0 Å². The first-order valence-corrected chi connectivity index (χ1v) is 12.2. The molecule has 1 atom stereocenters. The van der Waals surface area contributed by atoms with Crippen LogP contribution in [0, 0.1) is 12.8 Å². The van der Waals surface area contributed by atoms with E-state index in [1.165, 1.54) is 10.4 Å². The normalized spacial score (nSPS) is 18.6. The number of anilines is 1. The predicted molar refractivity (Wildman–Crippen MR) is 122 cm³/mol. The minimum absolute atomic E-state index is 0.112. The van der Waals surface area contributed by atoms with Gasteiger partial charge in [0, 0.05) is 25.7 Å². The minimum Gasteiger partial charge on any atom is -0.497 e. The summed E-state index contributed by atoms with van der Waals surface area (Å²) in [5.41, 5.74) is 1.86. The number of amides is 2. The molecule has 0 unspecified atom stereocenters. The summed E-state index contributed by atoms with van der Waals surface area (Å²) >= 11 is 0. The van der Waals surface area contributed by atoms with Crippen molar-refractivity contribution in [3.05, 3.63) is 47.5 Å². The van der Waals surface area contributed by atoms with Crippen LogP contribution in [0.3, 0.4) is 0 Å². The number of hydrogen-bond acceptors (Lipinski definition) is 6. The summed E-state index contributed by atoms with van der Waals surface area (Å²) < 4.78 is 38.8. The molecule has 10 heteroatoms. The lowest BCUT2D eigenvalue weighted by atomic mass is 9.99. The second-order valence-electron chi connectivity index (χ2n) is 8.22. The number of nitrogens with one attached hydrogen (secondary N) is 2. The smallest absolute Gasteiger partial charge is 0.262 e. The Labute approximate surface area is 193 Å². The van der Waals surface area contributed by atoms with E-state index in [0.717, 1.165) is 5.56 Å². The van der Waals surface area contributed by atoms with Crippen LogP contribution in [0.2, 0.25) is 0 Å². The van der Waals surface area contributed by atoms with Crippen LogP contribution in [0.5, 0.6) is 11.5 Å². The molecule has 4 rings (SSSR count). The lowest BCUT2D eigenvalue weighted by molar-refractivity contribution is -0.126. The van der Waals surface area contributed by atoms with Crippen molar-refractivity contribution in [3.63, 3.8) is 0 Å². The molecule has 2 aliphatic rings. The Kier molecular flexibility index (Phi) is 6.57. The maximum atomic E-state index is 13.4. The van der Waals surface area contributed by atoms with Crippen molar-refractivity contribution >= 4 is 27.5 Å². The summed E-state index contributed by atoms with van der Waals surface area (Å²) in [5, 5.41) is 5.59. The van der Waals surface area contributed by atoms with Crippen molar-refractivity contribution in [2.24, 2.45) is 5.92 Å². The van der Waals surface area contributed by atoms with Crippen LogP contribution in [-0.2, 0) is 26.2 Å². The highest BCUT2D eigenvalue weighted by Crippen LogP contribution is 2.35. The number of fused-ring (bicyclic) bond motifs is 1. The van der Waals surface area contributed by atoms with Gasteiger partial charge in [0.2, 0.25) is 15.9 Å². The highest BCUT2D eigenvalue weighted by Gasteiger charge is 2.35. The summed E-state index contributed by atoms with van der Waals surface area (Å²) in [4.78, 5) is 24.5. The third-order valence-electron chi connectivity index (χ3n) is 5.88. The van der Waals surface area contributed by atoms with Crippen molar-refractivity contribution < 1.29 is 27.5 Å². The average molecular weight is 474 g/mol. The summed E-state index contributed by atoms with van der Waals surface area (Å²) in [7, 11) is -2.25. The van der Waals surface area contributed by atoms with Crippen molar-refractivity contribution in [3.8, 4) is 11.5 Å². The molecule has 2 N–H and O–H groups in total. The summed E-state index contributed by atoms with van der Waals surface area (Å²) in [6.07, 6.45) is 1.21. The van der Waals surface area contributed by atoms with Gasteiger partial charge in [0.1, 0.15) is 11.5 Å². The first-order valence-electron chi connectivity index (χ1n) is 10.8. The Morgan fingerprint density at radius 3 is 2.91 bits per heavy atom. The highest BCUT2D eigenvalue weighted by atomic mass is 32.2. The number of piperidine rings is 1. The molecule has 2 aromatic rings. The first kappa shape index (κ1) is 23.1. The topological polar surface area (TPSA) is 114 Å². The second-order valence-corrected chi connectivity index (χ2v) is 10.1. The van der Waals surface area contributed by atoms with E-state index in [4.69, 9.17) is 9.47 Å². The molecule has 0 bridgehead atoms. The third kappa shape index (κ3) is 4.96. The molecule has 176 valence electrons. The zero-order valence-electron chi connectivity index (χ0n) is 18.6. The van der Waals surface area contributed by atoms with Crippen LogP contribution < -0.4 is 20.1 Å². The van der Waals surface area contributed by atoms with Gasteiger partial charge < -0.3 is 20.1 Å². The fourth-order valence-corrected chi connectivity index (χ4v) is 5.87. The van der Waals surface area contributed by atoms with Crippen LogP contribution in [0.1, 0.15) is 24.0 Å². The fraction of sp³-hybridized carbons (Fsp3) is 0.391. The van der Waals surface area contributed by atoms with Crippen molar-refractivity contribution in [1.82, 2.24) is 9.62 Å². The number of rotatable bonds is 6. The third-order valence-corrected chi connectivity index (χ3v) is 7.89. The Morgan fingerprint density at radius 1 is 1.30 bits per heavy atom. The molecular formula is C23H27N3O6S. The van der Waals surface area contributed by atoms with Gasteiger partial charge >= 0.3 is 0 Å². The second kappa shape index (κ2) is 9.40. The van der Waals surface area contributed by atoms with E-state index in [0.29, 0.717) is 48.7 Å². The van der Waals surface area contributed by atoms with Gasteiger partial charge in [0.05, 0.1) is 23.6 Å². The minimum atomic E-state index is -3.84. The number of sulfonamides is 1. The van der Waals surface area contributed by atoms with E-state index >= 15 is 0 Å². The summed E-state index contributed by atoms with van der Waals surface area (Å²) in [5.74, 6) is 0.138. The van der Waals surface area contributed by atoms with E-state index < -0.39 is 15.9 Å². The maximum Gasteiger partial charge on any atom is 0.262 e. The van der Waals surface area contributed by atoms with Gasteiger partial charge in [-0.3, -0.25) is 9.59 Å². The number of methoxy groups -OCH3 is 1. The van der Waals surface area contributed by atoms with E-state index in [-0.39, 0.29) is 29.9 Å². The monoisotopic (exact) mass is 473 g/mol. The highest BCUT2D eigenvalue weighted by molar-refractivity contribution is 7.89. The zero-order chi connectivity index (χ0) is 23.6. The van der Waals surface area contributed by atoms with Crippen molar-refractivity contribution in [2.45, 2.75) is 31.2 Å². The molecule has 2 heterocycles. The molecule has 2 amide bonds. The Morgan fingerprint density at radius 2 is 2.12 bits per heavy atom. The zero-order valence-corrected chi connectivity index (χ0v) is 19.4. The number of carbonyl (C=O) groups excluding carboxylic acids is 2. The maximum absolute atomic E-state index is 13.4. The van der Waals surface area contributed by atoms with Crippen LogP contribution in [0.15, 0.2) is 41.3 Å². The van der Waals surface area contributed by atoms with Gasteiger partial charge in [-0.1, -0.05) is 12.1 Å². The molecule has 9 nitrogen and oxygen atoms in total. The Bertz CT molecular complexity index is 1180. The molecule has 0 aliphatic carbocycles. The van der Waals surface area contributed by atoms with E-state index in [9.17, 15) is 18.0 Å². The van der Waals surface area contributed by atoms with Gasteiger partial charge in [-0.15, -0.1) is 0 Å². The standard InChI is InChI=1S/C23H27N3O6S/c1-15-9-19-20(32-14-22(27)25-19)11-21(15)33(29,30)26-8-4-6-17(13-26)23(28)24-12-16-5-3-7-18(10-16)31-2/h3,5,7,9-11,17H,4,6,8,12-14H2,1-2H3,(H,24,28)(H,25,27)/t17-/m1/s1. The van der Waals surface area contributed by atoms with Crippen LogP contribution in [0.4, 0.5) is 5.69 Å². The largest absolute Gasteiger partial charge is 0.497 e. The molecule has 1 fully saturated rings.